The Labute approximate surface area is 138 Å². The highest BCUT2D eigenvalue weighted by Crippen LogP contribution is 2.25. The highest BCUT2D eigenvalue weighted by Gasteiger charge is 2.10. The van der Waals surface area contributed by atoms with Gasteiger partial charge in [0.25, 0.3) is 0 Å². The van der Waals surface area contributed by atoms with Crippen molar-refractivity contribution in [3.05, 3.63) is 0 Å². The van der Waals surface area contributed by atoms with Crippen LogP contribution < -0.4 is 0 Å². The average Bonchev–Trinajstić information content (AvgIpc) is 2.53. The molecule has 22 heavy (non-hydrogen) atoms. The predicted octanol–water partition coefficient (Wildman–Crippen LogP) is 5.46. The molecule has 0 amide bonds. The number of rotatable bonds is 8. The van der Waals surface area contributed by atoms with Crippen molar-refractivity contribution in [3.8, 4) is 0 Å². The third kappa shape index (κ3) is 10.6. The lowest BCUT2D eigenvalue weighted by atomic mass is 9.88. The SMILES string of the molecule is OCC(CO)CCCCCC1CCCCCCCCCCC1. The Bertz CT molecular complexity index is 214. The Kier molecular flexibility index (Phi) is 13.2. The van der Waals surface area contributed by atoms with Crippen LogP contribution in [0.2, 0.25) is 0 Å². The van der Waals surface area contributed by atoms with E-state index in [1.165, 1.54) is 96.3 Å². The molecule has 0 unspecified atom stereocenters. The van der Waals surface area contributed by atoms with Gasteiger partial charge < -0.3 is 10.2 Å². The van der Waals surface area contributed by atoms with Crippen LogP contribution in [0.4, 0.5) is 0 Å². The molecule has 2 nitrogen and oxygen atoms in total. The lowest BCUT2D eigenvalue weighted by Crippen LogP contribution is -2.10. The van der Waals surface area contributed by atoms with E-state index in [9.17, 15) is 0 Å². The average molecular weight is 313 g/mol. The maximum atomic E-state index is 9.08. The number of aliphatic hydroxyl groups excluding tert-OH is 2. The summed E-state index contributed by atoms with van der Waals surface area (Å²) in [6, 6.07) is 0. The number of unbranched alkanes of at least 4 members (excludes halogenated alkanes) is 2. The molecule has 0 aromatic heterocycles. The lowest BCUT2D eigenvalue weighted by molar-refractivity contribution is 0.141. The van der Waals surface area contributed by atoms with Gasteiger partial charge in [0.2, 0.25) is 0 Å². The van der Waals surface area contributed by atoms with Crippen molar-refractivity contribution < 1.29 is 10.2 Å². The Balaban J connectivity index is 2.11. The van der Waals surface area contributed by atoms with Gasteiger partial charge in [0.05, 0.1) is 0 Å². The Hall–Kier alpha value is -0.0800. The molecule has 0 aromatic carbocycles. The number of hydrogen-bond donors (Lipinski definition) is 2. The fourth-order valence-corrected chi connectivity index (χ4v) is 3.82. The van der Waals surface area contributed by atoms with Crippen LogP contribution in [0.15, 0.2) is 0 Å². The Morgan fingerprint density at radius 3 is 1.64 bits per heavy atom. The van der Waals surface area contributed by atoms with Crippen molar-refractivity contribution in [1.82, 2.24) is 0 Å². The van der Waals surface area contributed by atoms with E-state index in [-0.39, 0.29) is 19.1 Å². The molecule has 2 heteroatoms. The zero-order valence-corrected chi connectivity index (χ0v) is 14.8. The molecule has 1 fully saturated rings. The monoisotopic (exact) mass is 312 g/mol. The van der Waals surface area contributed by atoms with Gasteiger partial charge in [-0.15, -0.1) is 0 Å². The molecule has 2 N–H and O–H groups in total. The predicted molar refractivity (Wildman–Crippen MR) is 95.0 cm³/mol. The van der Waals surface area contributed by atoms with Crippen LogP contribution in [-0.4, -0.2) is 23.4 Å². The number of aliphatic hydroxyl groups is 2. The van der Waals surface area contributed by atoms with Gasteiger partial charge in [-0.25, -0.2) is 0 Å². The van der Waals surface area contributed by atoms with E-state index < -0.39 is 0 Å². The second-order valence-electron chi connectivity index (χ2n) is 7.49. The maximum absolute atomic E-state index is 9.08. The molecule has 0 bridgehead atoms. The van der Waals surface area contributed by atoms with Gasteiger partial charge >= 0.3 is 0 Å². The van der Waals surface area contributed by atoms with Crippen LogP contribution >= 0.6 is 0 Å². The molecule has 0 aromatic rings. The Morgan fingerprint density at radius 1 is 0.636 bits per heavy atom. The van der Waals surface area contributed by atoms with Crippen LogP contribution in [0.1, 0.15) is 103 Å². The minimum Gasteiger partial charge on any atom is -0.396 e. The molecule has 0 atom stereocenters. The standard InChI is InChI=1S/C20H40O2/c21-17-20(18-22)16-12-8-11-15-19-13-9-6-4-2-1-3-5-7-10-14-19/h19-22H,1-18H2. The van der Waals surface area contributed by atoms with Crippen molar-refractivity contribution in [2.75, 3.05) is 13.2 Å². The van der Waals surface area contributed by atoms with Crippen molar-refractivity contribution >= 4 is 0 Å². The zero-order valence-electron chi connectivity index (χ0n) is 14.8. The summed E-state index contributed by atoms with van der Waals surface area (Å²) in [6.07, 6.45) is 22.2. The van der Waals surface area contributed by atoms with Gasteiger partial charge in [-0.05, 0) is 12.3 Å². The summed E-state index contributed by atoms with van der Waals surface area (Å²) in [5.74, 6) is 1.08. The normalized spacial score (nSPS) is 19.8. The van der Waals surface area contributed by atoms with Crippen molar-refractivity contribution in [1.29, 1.82) is 0 Å². The Morgan fingerprint density at radius 2 is 1.14 bits per heavy atom. The molecular formula is C20H40O2. The minimum absolute atomic E-state index is 0.112. The fourth-order valence-electron chi connectivity index (χ4n) is 3.82. The van der Waals surface area contributed by atoms with Crippen molar-refractivity contribution in [3.63, 3.8) is 0 Å². The molecule has 1 aliphatic carbocycles. The maximum Gasteiger partial charge on any atom is 0.0481 e. The highest BCUT2D eigenvalue weighted by atomic mass is 16.3. The summed E-state index contributed by atoms with van der Waals surface area (Å²) in [6.45, 7) is 0.276. The fraction of sp³-hybridized carbons (Fsp3) is 1.00. The molecule has 0 spiro atoms. The summed E-state index contributed by atoms with van der Waals surface area (Å²) < 4.78 is 0. The topological polar surface area (TPSA) is 40.5 Å². The third-order valence-electron chi connectivity index (χ3n) is 5.47. The third-order valence-corrected chi connectivity index (χ3v) is 5.47. The van der Waals surface area contributed by atoms with Gasteiger partial charge in [0.15, 0.2) is 0 Å². The largest absolute Gasteiger partial charge is 0.396 e. The molecule has 0 radical (unpaired) electrons. The molecule has 1 saturated carbocycles. The smallest absolute Gasteiger partial charge is 0.0481 e. The van der Waals surface area contributed by atoms with Gasteiger partial charge in [0, 0.05) is 19.1 Å². The first-order valence-electron chi connectivity index (χ1n) is 10.1. The van der Waals surface area contributed by atoms with Crippen molar-refractivity contribution in [2.45, 2.75) is 103 Å². The lowest BCUT2D eigenvalue weighted by Gasteiger charge is -2.18. The highest BCUT2D eigenvalue weighted by molar-refractivity contribution is 4.63. The second-order valence-corrected chi connectivity index (χ2v) is 7.49. The molecule has 0 saturated heterocycles. The second kappa shape index (κ2) is 14.5. The van der Waals surface area contributed by atoms with Crippen LogP contribution in [-0.2, 0) is 0 Å². The van der Waals surface area contributed by atoms with E-state index in [0.29, 0.717) is 0 Å². The summed E-state index contributed by atoms with van der Waals surface area (Å²) >= 11 is 0. The first-order chi connectivity index (χ1) is 10.9. The van der Waals surface area contributed by atoms with Gasteiger partial charge in [-0.3, -0.25) is 0 Å². The van der Waals surface area contributed by atoms with E-state index in [1.54, 1.807) is 0 Å². The summed E-state index contributed by atoms with van der Waals surface area (Å²) in [5.41, 5.74) is 0. The van der Waals surface area contributed by atoms with Gasteiger partial charge in [-0.1, -0.05) is 96.3 Å². The van der Waals surface area contributed by atoms with E-state index in [2.05, 4.69) is 0 Å². The first kappa shape index (κ1) is 20.0. The molecule has 1 rings (SSSR count). The summed E-state index contributed by atoms with van der Waals surface area (Å²) in [5, 5.41) is 18.2. The quantitative estimate of drug-likeness (QED) is 0.584. The van der Waals surface area contributed by atoms with E-state index in [0.717, 1.165) is 12.3 Å². The van der Waals surface area contributed by atoms with Crippen LogP contribution in [0.3, 0.4) is 0 Å². The zero-order chi connectivity index (χ0) is 15.9. The van der Waals surface area contributed by atoms with E-state index in [4.69, 9.17) is 10.2 Å². The van der Waals surface area contributed by atoms with Gasteiger partial charge in [-0.2, -0.15) is 0 Å². The summed E-state index contributed by atoms with van der Waals surface area (Å²) in [7, 11) is 0. The number of hydrogen-bond acceptors (Lipinski definition) is 2. The molecular weight excluding hydrogens is 272 g/mol. The van der Waals surface area contributed by atoms with Gasteiger partial charge in [0.1, 0.15) is 0 Å². The van der Waals surface area contributed by atoms with Crippen LogP contribution in [0.5, 0.6) is 0 Å². The van der Waals surface area contributed by atoms with E-state index >= 15 is 0 Å². The van der Waals surface area contributed by atoms with Crippen LogP contribution in [0, 0.1) is 11.8 Å². The van der Waals surface area contributed by atoms with Crippen LogP contribution in [0.25, 0.3) is 0 Å². The first-order valence-corrected chi connectivity index (χ1v) is 10.1. The summed E-state index contributed by atoms with van der Waals surface area (Å²) in [4.78, 5) is 0. The molecule has 1 aliphatic rings. The van der Waals surface area contributed by atoms with Crippen molar-refractivity contribution in [2.24, 2.45) is 11.8 Å². The molecule has 0 aliphatic heterocycles. The molecule has 0 heterocycles. The minimum atomic E-state index is 0.112. The van der Waals surface area contributed by atoms with E-state index in [1.807, 2.05) is 0 Å². The molecule has 132 valence electrons.